The van der Waals surface area contributed by atoms with Crippen LogP contribution in [0.5, 0.6) is 0 Å². The molecule has 0 aliphatic heterocycles. The third-order valence-corrected chi connectivity index (χ3v) is 4.70. The molecule has 2 bridgehead atoms. The summed E-state index contributed by atoms with van der Waals surface area (Å²) >= 11 is 0. The smallest absolute Gasteiger partial charge is 0.155 e. The van der Waals surface area contributed by atoms with Crippen molar-refractivity contribution in [3.63, 3.8) is 0 Å². The van der Waals surface area contributed by atoms with Crippen molar-refractivity contribution >= 4 is 5.78 Å². The van der Waals surface area contributed by atoms with Gasteiger partial charge in [-0.2, -0.15) is 0 Å². The molecule has 0 amide bonds. The molecule has 0 saturated heterocycles. The highest BCUT2D eigenvalue weighted by atomic mass is 16.3. The number of Topliss-reactive ketones (excluding diaryl/α,β-unsaturated/α-hetero) is 1. The Balaban J connectivity index is 2.58. The maximum Gasteiger partial charge on any atom is 0.155 e. The number of carbonyl (C=O) groups excluding carboxylic acids is 1. The Bertz CT molecular complexity index is 338. The molecule has 2 nitrogen and oxygen atoms in total. The van der Waals surface area contributed by atoms with Gasteiger partial charge in [-0.25, -0.2) is 0 Å². The first-order valence-corrected chi connectivity index (χ1v) is 5.25. The summed E-state index contributed by atoms with van der Waals surface area (Å²) in [5.41, 5.74) is 0.285. The maximum atomic E-state index is 12.1. The van der Waals surface area contributed by atoms with Crippen molar-refractivity contribution in [3.8, 4) is 0 Å². The molecule has 2 aliphatic rings. The number of allylic oxidation sites excluding steroid dienone is 2. The summed E-state index contributed by atoms with van der Waals surface area (Å²) < 4.78 is 0. The van der Waals surface area contributed by atoms with Crippen LogP contribution in [0.1, 0.15) is 40.5 Å². The van der Waals surface area contributed by atoms with Crippen LogP contribution in [0.2, 0.25) is 0 Å². The van der Waals surface area contributed by atoms with Gasteiger partial charge in [-0.15, -0.1) is 5.76 Å². The fourth-order valence-corrected chi connectivity index (χ4v) is 3.27. The fraction of sp³-hybridized carbons (Fsp3) is 0.750. The molecule has 0 heterocycles. The molecule has 0 aromatic heterocycles. The average molecular weight is 193 g/mol. The van der Waals surface area contributed by atoms with Crippen molar-refractivity contribution in [1.29, 1.82) is 0 Å². The van der Waals surface area contributed by atoms with E-state index in [4.69, 9.17) is 0 Å². The van der Waals surface area contributed by atoms with Gasteiger partial charge < -0.3 is 5.11 Å². The molecule has 1 fully saturated rings. The summed E-state index contributed by atoms with van der Waals surface area (Å²) in [6.07, 6.45) is 1.95. The molecule has 0 radical (unpaired) electrons. The predicted molar refractivity (Wildman–Crippen MR) is 52.3 cm³/mol. The van der Waals surface area contributed by atoms with Crippen LogP contribution >= 0.6 is 0 Å². The van der Waals surface area contributed by atoms with E-state index < -0.39 is 0 Å². The summed E-state index contributed by atoms with van der Waals surface area (Å²) in [5.74, 6) is 0.306. The maximum absolute atomic E-state index is 12.1. The van der Waals surface area contributed by atoms with Gasteiger partial charge in [0.1, 0.15) is 0 Å². The predicted octanol–water partition coefficient (Wildman–Crippen LogP) is 1.65. The zero-order valence-electron chi connectivity index (χ0n) is 9.31. The van der Waals surface area contributed by atoms with Crippen molar-refractivity contribution in [2.45, 2.75) is 40.5 Å². The van der Waals surface area contributed by atoms with E-state index in [0.717, 1.165) is 12.8 Å². The quantitative estimate of drug-likeness (QED) is 0.635. The second-order valence-corrected chi connectivity index (χ2v) is 5.44. The Morgan fingerprint density at radius 2 is 2.00 bits per heavy atom. The monoisotopic (exact) mass is 193 g/mol. The van der Waals surface area contributed by atoms with Crippen LogP contribution in [0.25, 0.3) is 0 Å². The van der Waals surface area contributed by atoms with E-state index in [0.29, 0.717) is 5.57 Å². The lowest BCUT2D eigenvalue weighted by molar-refractivity contribution is -0.328. The largest absolute Gasteiger partial charge is 0.875 e. The molecule has 2 aliphatic carbocycles. The number of ketones is 1. The molecule has 2 unspecified atom stereocenters. The zero-order chi connectivity index (χ0) is 10.7. The van der Waals surface area contributed by atoms with Crippen LogP contribution in [0.4, 0.5) is 0 Å². The number of fused-ring (bicyclic) bond motifs is 2. The SMILES string of the molecule is CC(=O)C1=C([O-])C2(C)CCC1C2(C)C. The highest BCUT2D eigenvalue weighted by Crippen LogP contribution is 2.66. The standard InChI is InChI=1S/C12H18O2/c1-7(13)9-8-5-6-12(4,10(9)14)11(8,2)3/h8,14H,5-6H2,1-4H3/p-1. The molecule has 2 atom stereocenters. The lowest BCUT2D eigenvalue weighted by Crippen LogP contribution is -2.33. The van der Waals surface area contributed by atoms with E-state index in [2.05, 4.69) is 13.8 Å². The Labute approximate surface area is 85.0 Å². The van der Waals surface area contributed by atoms with Crippen LogP contribution in [-0.2, 0) is 4.79 Å². The minimum atomic E-state index is -0.279. The molecule has 78 valence electrons. The van der Waals surface area contributed by atoms with Crippen molar-refractivity contribution in [2.24, 2.45) is 16.7 Å². The summed E-state index contributed by atoms with van der Waals surface area (Å²) in [4.78, 5) is 11.4. The Hall–Kier alpha value is -0.790. The number of hydrogen-bond acceptors (Lipinski definition) is 2. The van der Waals surface area contributed by atoms with E-state index in [1.807, 2.05) is 6.92 Å². The molecule has 0 aromatic carbocycles. The molecule has 0 N–H and O–H groups in total. The zero-order valence-corrected chi connectivity index (χ0v) is 9.31. The lowest BCUT2D eigenvalue weighted by atomic mass is 9.70. The summed E-state index contributed by atoms with van der Waals surface area (Å²) in [6, 6.07) is 0. The minimum Gasteiger partial charge on any atom is -0.875 e. The third kappa shape index (κ3) is 0.800. The number of hydrogen-bond donors (Lipinski definition) is 0. The average Bonchev–Trinajstić information content (AvgIpc) is 2.35. The highest BCUT2D eigenvalue weighted by molar-refractivity contribution is 5.95. The first-order chi connectivity index (χ1) is 6.32. The fourth-order valence-electron chi connectivity index (χ4n) is 3.27. The molecule has 0 aromatic rings. The van der Waals surface area contributed by atoms with E-state index in [9.17, 15) is 9.90 Å². The molecule has 14 heavy (non-hydrogen) atoms. The van der Waals surface area contributed by atoms with Crippen molar-refractivity contribution in [3.05, 3.63) is 11.3 Å². The van der Waals surface area contributed by atoms with Crippen LogP contribution in [0, 0.1) is 16.7 Å². The van der Waals surface area contributed by atoms with Gasteiger partial charge in [0.2, 0.25) is 0 Å². The Morgan fingerprint density at radius 3 is 2.29 bits per heavy atom. The van der Waals surface area contributed by atoms with Gasteiger partial charge in [-0.3, -0.25) is 4.79 Å². The molecule has 2 rings (SSSR count). The Morgan fingerprint density at radius 1 is 1.43 bits per heavy atom. The lowest BCUT2D eigenvalue weighted by Gasteiger charge is -2.40. The van der Waals surface area contributed by atoms with Crippen molar-refractivity contribution < 1.29 is 9.90 Å². The van der Waals surface area contributed by atoms with Gasteiger partial charge in [-0.1, -0.05) is 20.8 Å². The van der Waals surface area contributed by atoms with Gasteiger partial charge in [0.25, 0.3) is 0 Å². The van der Waals surface area contributed by atoms with E-state index in [1.54, 1.807) is 0 Å². The van der Waals surface area contributed by atoms with Crippen LogP contribution in [-0.4, -0.2) is 5.78 Å². The summed E-state index contributed by atoms with van der Waals surface area (Å²) in [6.45, 7) is 7.79. The number of carbonyl (C=O) groups is 1. The molecular formula is C12H17O2-. The van der Waals surface area contributed by atoms with Crippen molar-refractivity contribution in [2.75, 3.05) is 0 Å². The minimum absolute atomic E-state index is 0.0171. The van der Waals surface area contributed by atoms with Gasteiger partial charge in [-0.05, 0) is 42.1 Å². The van der Waals surface area contributed by atoms with E-state index in [-0.39, 0.29) is 28.3 Å². The molecule has 0 spiro atoms. The summed E-state index contributed by atoms with van der Waals surface area (Å²) in [7, 11) is 0. The van der Waals surface area contributed by atoms with Gasteiger partial charge in [0, 0.05) is 0 Å². The summed E-state index contributed by atoms with van der Waals surface area (Å²) in [5, 5.41) is 12.1. The first kappa shape index (κ1) is 9.75. The molecule has 2 heteroatoms. The van der Waals surface area contributed by atoms with Gasteiger partial charge >= 0.3 is 0 Å². The van der Waals surface area contributed by atoms with Crippen LogP contribution < -0.4 is 5.11 Å². The second-order valence-electron chi connectivity index (χ2n) is 5.44. The normalized spacial score (nSPS) is 39.3. The van der Waals surface area contributed by atoms with Crippen molar-refractivity contribution in [1.82, 2.24) is 0 Å². The third-order valence-electron chi connectivity index (χ3n) is 4.70. The second kappa shape index (κ2) is 2.41. The van der Waals surface area contributed by atoms with Gasteiger partial charge in [0.05, 0.1) is 0 Å². The Kier molecular flexibility index (Phi) is 1.68. The molecule has 1 saturated carbocycles. The van der Waals surface area contributed by atoms with E-state index >= 15 is 0 Å². The topological polar surface area (TPSA) is 40.1 Å². The highest BCUT2D eigenvalue weighted by Gasteiger charge is 2.58. The van der Waals surface area contributed by atoms with Crippen LogP contribution in [0.3, 0.4) is 0 Å². The van der Waals surface area contributed by atoms with Gasteiger partial charge in [0.15, 0.2) is 5.78 Å². The van der Waals surface area contributed by atoms with Crippen LogP contribution in [0.15, 0.2) is 11.3 Å². The van der Waals surface area contributed by atoms with E-state index in [1.165, 1.54) is 6.92 Å². The number of rotatable bonds is 1. The molecular weight excluding hydrogens is 176 g/mol. The first-order valence-electron chi connectivity index (χ1n) is 5.25.